The van der Waals surface area contributed by atoms with Crippen LogP contribution in [0.3, 0.4) is 0 Å². The van der Waals surface area contributed by atoms with Crippen LogP contribution in [0.4, 0.5) is 5.69 Å². The van der Waals surface area contributed by atoms with Crippen LogP contribution in [0.1, 0.15) is 12.5 Å². The second kappa shape index (κ2) is 9.38. The van der Waals surface area contributed by atoms with Crippen LogP contribution in [-0.2, 0) is 26.0 Å². The van der Waals surface area contributed by atoms with Gasteiger partial charge in [0.05, 0.1) is 18.0 Å². The van der Waals surface area contributed by atoms with Gasteiger partial charge in [-0.3, -0.25) is 9.59 Å². The first-order valence-electron chi connectivity index (χ1n) is 8.25. The van der Waals surface area contributed by atoms with Crippen LogP contribution in [0.5, 0.6) is 0 Å². The van der Waals surface area contributed by atoms with E-state index in [2.05, 4.69) is 5.32 Å². The molecule has 0 atom stereocenters. The van der Waals surface area contributed by atoms with E-state index in [-0.39, 0.29) is 27.9 Å². The summed E-state index contributed by atoms with van der Waals surface area (Å²) in [5.41, 5.74) is 6.31. The van der Waals surface area contributed by atoms with Gasteiger partial charge in [-0.2, -0.15) is 4.31 Å². The van der Waals surface area contributed by atoms with Crippen LogP contribution in [0.2, 0.25) is 10.0 Å². The van der Waals surface area contributed by atoms with Crippen LogP contribution in [0.15, 0.2) is 47.4 Å². The lowest BCUT2D eigenvalue weighted by Gasteiger charge is -2.21. The van der Waals surface area contributed by atoms with Gasteiger partial charge in [0.1, 0.15) is 4.90 Å². The van der Waals surface area contributed by atoms with Crippen LogP contribution >= 0.6 is 23.2 Å². The van der Waals surface area contributed by atoms with Gasteiger partial charge >= 0.3 is 0 Å². The van der Waals surface area contributed by atoms with Gasteiger partial charge in [0.15, 0.2) is 0 Å². The van der Waals surface area contributed by atoms with Crippen LogP contribution in [-0.4, -0.2) is 37.6 Å². The Morgan fingerprint density at radius 1 is 1.11 bits per heavy atom. The highest BCUT2D eigenvalue weighted by Crippen LogP contribution is 2.27. The predicted octanol–water partition coefficient (Wildman–Crippen LogP) is 2.67. The van der Waals surface area contributed by atoms with E-state index in [4.69, 9.17) is 28.9 Å². The van der Waals surface area contributed by atoms with Crippen molar-refractivity contribution in [2.75, 3.05) is 18.4 Å². The minimum absolute atomic E-state index is 0.0216. The second-order valence-corrected chi connectivity index (χ2v) is 8.64. The molecule has 0 aliphatic rings. The summed E-state index contributed by atoms with van der Waals surface area (Å²) in [6.07, 6.45) is 0.0937. The van der Waals surface area contributed by atoms with Crippen LogP contribution < -0.4 is 11.1 Å². The zero-order valence-corrected chi connectivity index (χ0v) is 17.3. The molecule has 0 aliphatic carbocycles. The summed E-state index contributed by atoms with van der Waals surface area (Å²) in [5, 5.41) is 2.86. The molecule has 150 valence electrons. The highest BCUT2D eigenvalue weighted by Gasteiger charge is 2.27. The summed E-state index contributed by atoms with van der Waals surface area (Å²) in [6, 6.07) is 10.6. The van der Waals surface area contributed by atoms with Crippen molar-refractivity contribution in [3.8, 4) is 0 Å². The van der Waals surface area contributed by atoms with Crippen LogP contribution in [0.25, 0.3) is 0 Å². The average molecular weight is 444 g/mol. The first kappa shape index (κ1) is 22.2. The van der Waals surface area contributed by atoms with E-state index in [1.54, 1.807) is 31.2 Å². The average Bonchev–Trinajstić information content (AvgIpc) is 2.62. The topological polar surface area (TPSA) is 110 Å². The van der Waals surface area contributed by atoms with Crippen molar-refractivity contribution in [2.24, 2.45) is 5.73 Å². The van der Waals surface area contributed by atoms with Crippen molar-refractivity contribution in [1.82, 2.24) is 4.31 Å². The molecule has 2 aromatic carbocycles. The molecule has 10 heteroatoms. The Kier molecular flexibility index (Phi) is 7.42. The van der Waals surface area contributed by atoms with E-state index < -0.39 is 28.4 Å². The Morgan fingerprint density at radius 3 is 2.32 bits per heavy atom. The summed E-state index contributed by atoms with van der Waals surface area (Å²) >= 11 is 11.9. The van der Waals surface area contributed by atoms with Gasteiger partial charge in [-0.1, -0.05) is 42.3 Å². The van der Waals surface area contributed by atoms with Crippen molar-refractivity contribution in [3.05, 3.63) is 58.1 Å². The fourth-order valence-electron chi connectivity index (χ4n) is 2.45. The minimum atomic E-state index is -4.01. The normalized spacial score (nSPS) is 11.4. The highest BCUT2D eigenvalue weighted by molar-refractivity contribution is 7.89. The van der Waals surface area contributed by atoms with Crippen LogP contribution in [0, 0.1) is 0 Å². The summed E-state index contributed by atoms with van der Waals surface area (Å²) < 4.78 is 26.7. The Labute approximate surface area is 173 Å². The van der Waals surface area contributed by atoms with E-state index in [0.29, 0.717) is 11.3 Å². The number of hydrogen-bond donors (Lipinski definition) is 2. The van der Waals surface area contributed by atoms with Gasteiger partial charge in [0.25, 0.3) is 0 Å². The van der Waals surface area contributed by atoms with E-state index in [1.165, 1.54) is 18.2 Å². The number of carbonyl (C=O) groups is 2. The zero-order chi connectivity index (χ0) is 20.9. The number of nitrogens with one attached hydrogen (secondary N) is 1. The molecule has 0 aromatic heterocycles. The first-order valence-corrected chi connectivity index (χ1v) is 10.5. The number of anilines is 1. The molecule has 0 saturated heterocycles. The summed E-state index contributed by atoms with van der Waals surface area (Å²) in [4.78, 5) is 23.1. The minimum Gasteiger partial charge on any atom is -0.369 e. The van der Waals surface area contributed by atoms with Gasteiger partial charge < -0.3 is 11.1 Å². The first-order chi connectivity index (χ1) is 13.1. The number of nitrogens with zero attached hydrogens (tertiary/aromatic N) is 1. The fourth-order valence-corrected chi connectivity index (χ4v) is 4.59. The Morgan fingerprint density at radius 2 is 1.75 bits per heavy atom. The maximum atomic E-state index is 12.8. The van der Waals surface area contributed by atoms with Crippen molar-refractivity contribution in [1.29, 1.82) is 0 Å². The molecular weight excluding hydrogens is 425 g/mol. The molecule has 2 amide bonds. The van der Waals surface area contributed by atoms with Gasteiger partial charge in [-0.15, -0.1) is 0 Å². The van der Waals surface area contributed by atoms with E-state index in [0.717, 1.165) is 4.31 Å². The molecule has 0 unspecified atom stereocenters. The number of sulfonamides is 1. The third-order valence-corrected chi connectivity index (χ3v) is 6.44. The number of nitrogens with two attached hydrogens (primary N) is 1. The third-order valence-electron chi connectivity index (χ3n) is 3.80. The quantitative estimate of drug-likeness (QED) is 0.652. The summed E-state index contributed by atoms with van der Waals surface area (Å²) in [7, 11) is -4.01. The number of halogens is 2. The molecule has 0 heterocycles. The number of amides is 2. The molecule has 0 bridgehead atoms. The van der Waals surface area contributed by atoms with E-state index in [1.807, 2.05) is 0 Å². The molecule has 3 N–H and O–H groups in total. The molecule has 2 aromatic rings. The molecule has 0 saturated carbocycles. The third kappa shape index (κ3) is 5.68. The lowest BCUT2D eigenvalue weighted by atomic mass is 10.1. The maximum Gasteiger partial charge on any atom is 0.245 e. The van der Waals surface area contributed by atoms with Gasteiger partial charge in [-0.05, 0) is 35.9 Å². The lowest BCUT2D eigenvalue weighted by molar-refractivity contribution is -0.117. The number of primary amides is 1. The monoisotopic (exact) mass is 443 g/mol. The predicted molar refractivity (Wildman–Crippen MR) is 109 cm³/mol. The summed E-state index contributed by atoms with van der Waals surface area (Å²) in [5.74, 6) is -0.980. The molecule has 0 fully saturated rings. The smallest absolute Gasteiger partial charge is 0.245 e. The Bertz CT molecular complexity index is 979. The largest absolute Gasteiger partial charge is 0.369 e. The SMILES string of the molecule is CCN(CC(=O)Nc1ccc(CC(N)=O)cc1)S(=O)(=O)c1cc(Cl)ccc1Cl. The molecule has 2 rings (SSSR count). The second-order valence-electron chi connectivity index (χ2n) is 5.89. The van der Waals surface area contributed by atoms with Gasteiger partial charge in [-0.25, -0.2) is 8.42 Å². The van der Waals surface area contributed by atoms with Crippen molar-refractivity contribution in [3.63, 3.8) is 0 Å². The van der Waals surface area contributed by atoms with Gasteiger partial charge in [0, 0.05) is 17.3 Å². The molecular formula is C18H19Cl2N3O4S. The zero-order valence-electron chi connectivity index (χ0n) is 15.0. The van der Waals surface area contributed by atoms with Crippen molar-refractivity contribution >= 4 is 50.7 Å². The molecule has 0 radical (unpaired) electrons. The van der Waals surface area contributed by atoms with Crippen molar-refractivity contribution < 1.29 is 18.0 Å². The van der Waals surface area contributed by atoms with E-state index in [9.17, 15) is 18.0 Å². The Balaban J connectivity index is 2.12. The standard InChI is InChI=1S/C18H19Cl2N3O4S/c1-2-23(28(26,27)16-10-13(19)5-8-15(16)20)11-18(25)22-14-6-3-12(4-7-14)9-17(21)24/h3-8,10H,2,9,11H2,1H3,(H2,21,24)(H,22,25). The van der Waals surface area contributed by atoms with Crippen molar-refractivity contribution in [2.45, 2.75) is 18.2 Å². The number of rotatable bonds is 8. The number of hydrogen-bond acceptors (Lipinski definition) is 4. The fraction of sp³-hybridized carbons (Fsp3) is 0.222. The van der Waals surface area contributed by atoms with Gasteiger partial charge in [0.2, 0.25) is 21.8 Å². The summed E-state index contributed by atoms with van der Waals surface area (Å²) in [6.45, 7) is 1.28. The number of likely N-dealkylation sites (N-methyl/N-ethyl adjacent to an activating group) is 1. The highest BCUT2D eigenvalue weighted by atomic mass is 35.5. The molecule has 0 spiro atoms. The molecule has 28 heavy (non-hydrogen) atoms. The lowest BCUT2D eigenvalue weighted by Crippen LogP contribution is -2.38. The van der Waals surface area contributed by atoms with E-state index >= 15 is 0 Å². The Hall–Kier alpha value is -2.13. The molecule has 7 nitrogen and oxygen atoms in total. The molecule has 0 aliphatic heterocycles. The number of carbonyl (C=O) groups excluding carboxylic acids is 2. The number of benzene rings is 2. The maximum absolute atomic E-state index is 12.8.